The number of aromatic nitrogens is 1. The van der Waals surface area contributed by atoms with Crippen molar-refractivity contribution in [2.45, 2.75) is 6.42 Å². The average Bonchev–Trinajstić information content (AvgIpc) is 2.41. The molecule has 1 heterocycles. The Labute approximate surface area is 123 Å². The molecule has 6 heteroatoms. The molecule has 20 heavy (non-hydrogen) atoms. The number of anilines is 1. The third-order valence-corrected chi connectivity index (χ3v) is 3.22. The van der Waals surface area contributed by atoms with Crippen LogP contribution in [0.25, 0.3) is 0 Å². The molecule has 2 N–H and O–H groups in total. The van der Waals surface area contributed by atoms with Gasteiger partial charge in [0.1, 0.15) is 5.69 Å². The molecule has 0 aliphatic rings. The Hall–Kier alpha value is -2.21. The lowest BCUT2D eigenvalue weighted by Crippen LogP contribution is -2.16. The summed E-state index contributed by atoms with van der Waals surface area (Å²) in [6, 6.07) is 10.2. The largest absolute Gasteiger partial charge is 0.481 e. The lowest BCUT2D eigenvalue weighted by molar-refractivity contribution is -0.136. The number of hydrogen-bond donors (Lipinski definition) is 2. The summed E-state index contributed by atoms with van der Waals surface area (Å²) in [5, 5.41) is 11.5. The second kappa shape index (κ2) is 6.29. The molecular formula is C14H11BrN2O3. The highest BCUT2D eigenvalue weighted by atomic mass is 79.9. The second-order valence-corrected chi connectivity index (χ2v) is 4.87. The maximum atomic E-state index is 12.1. The lowest BCUT2D eigenvalue weighted by Gasteiger charge is -2.10. The maximum absolute atomic E-state index is 12.1. The number of hydrogen-bond acceptors (Lipinski definition) is 3. The number of halogens is 1. The fraction of sp³-hybridized carbons (Fsp3) is 0.0714. The highest BCUT2D eigenvalue weighted by Gasteiger charge is 2.14. The van der Waals surface area contributed by atoms with E-state index < -0.39 is 11.9 Å². The Morgan fingerprint density at radius 1 is 1.20 bits per heavy atom. The molecule has 0 atom stereocenters. The molecule has 2 aromatic rings. The van der Waals surface area contributed by atoms with Crippen molar-refractivity contribution in [2.75, 3.05) is 5.32 Å². The predicted molar refractivity (Wildman–Crippen MR) is 77.7 cm³/mol. The Morgan fingerprint density at radius 2 is 1.95 bits per heavy atom. The van der Waals surface area contributed by atoms with Gasteiger partial charge in [-0.3, -0.25) is 9.59 Å². The van der Waals surface area contributed by atoms with Crippen LogP contribution in [0.3, 0.4) is 0 Å². The van der Waals surface area contributed by atoms with Crippen molar-refractivity contribution in [1.29, 1.82) is 0 Å². The number of carboxylic acid groups (broad SMARTS) is 1. The molecule has 0 aliphatic heterocycles. The fourth-order valence-corrected chi connectivity index (χ4v) is 2.13. The number of carbonyl (C=O) groups is 2. The first-order chi connectivity index (χ1) is 9.58. The van der Waals surface area contributed by atoms with Gasteiger partial charge < -0.3 is 10.4 Å². The number of aliphatic carboxylic acids is 1. The van der Waals surface area contributed by atoms with Crippen molar-refractivity contribution >= 4 is 33.5 Å². The number of nitrogens with one attached hydrogen (secondary N) is 1. The highest BCUT2D eigenvalue weighted by molar-refractivity contribution is 9.10. The van der Waals surface area contributed by atoms with E-state index in [0.717, 1.165) is 0 Å². The Kier molecular flexibility index (Phi) is 4.47. The zero-order chi connectivity index (χ0) is 14.5. The summed E-state index contributed by atoms with van der Waals surface area (Å²) in [6.45, 7) is 0. The average molecular weight is 335 g/mol. The van der Waals surface area contributed by atoms with Gasteiger partial charge in [0.05, 0.1) is 6.42 Å². The van der Waals surface area contributed by atoms with E-state index in [1.54, 1.807) is 36.4 Å². The molecule has 0 spiro atoms. The summed E-state index contributed by atoms with van der Waals surface area (Å²) in [6.07, 6.45) is 1.36. The van der Waals surface area contributed by atoms with Gasteiger partial charge in [-0.15, -0.1) is 0 Å². The lowest BCUT2D eigenvalue weighted by atomic mass is 10.1. The van der Waals surface area contributed by atoms with Crippen molar-refractivity contribution in [1.82, 2.24) is 4.98 Å². The van der Waals surface area contributed by atoms with Crippen LogP contribution in [0.4, 0.5) is 5.69 Å². The van der Waals surface area contributed by atoms with Gasteiger partial charge in [-0.05, 0) is 39.7 Å². The first kappa shape index (κ1) is 14.2. The van der Waals surface area contributed by atoms with Gasteiger partial charge in [-0.1, -0.05) is 18.2 Å². The van der Waals surface area contributed by atoms with E-state index in [-0.39, 0.29) is 12.1 Å². The minimum Gasteiger partial charge on any atom is -0.481 e. The minimum atomic E-state index is -0.953. The zero-order valence-corrected chi connectivity index (χ0v) is 11.9. The van der Waals surface area contributed by atoms with Crippen LogP contribution in [0.2, 0.25) is 0 Å². The first-order valence-corrected chi connectivity index (χ1v) is 6.59. The van der Waals surface area contributed by atoms with E-state index >= 15 is 0 Å². The molecule has 2 rings (SSSR count). The first-order valence-electron chi connectivity index (χ1n) is 5.79. The van der Waals surface area contributed by atoms with Crippen LogP contribution in [0.1, 0.15) is 16.1 Å². The zero-order valence-electron chi connectivity index (χ0n) is 10.3. The summed E-state index contributed by atoms with van der Waals surface area (Å²) in [4.78, 5) is 26.9. The van der Waals surface area contributed by atoms with Crippen LogP contribution >= 0.6 is 15.9 Å². The maximum Gasteiger partial charge on any atom is 0.307 e. The highest BCUT2D eigenvalue weighted by Crippen LogP contribution is 2.19. The van der Waals surface area contributed by atoms with E-state index in [0.29, 0.717) is 15.7 Å². The monoisotopic (exact) mass is 334 g/mol. The molecule has 5 nitrogen and oxygen atoms in total. The van der Waals surface area contributed by atoms with Crippen molar-refractivity contribution in [3.05, 3.63) is 58.3 Å². The van der Waals surface area contributed by atoms with Gasteiger partial charge in [0.2, 0.25) is 0 Å². The summed E-state index contributed by atoms with van der Waals surface area (Å²) >= 11 is 3.25. The Balaban J connectivity index is 2.24. The molecule has 0 aliphatic carbocycles. The number of pyridine rings is 1. The quantitative estimate of drug-likeness (QED) is 0.900. The third kappa shape index (κ3) is 3.42. The summed E-state index contributed by atoms with van der Waals surface area (Å²) < 4.78 is 0.577. The number of rotatable bonds is 4. The van der Waals surface area contributed by atoms with Crippen LogP contribution in [-0.2, 0) is 11.2 Å². The molecule has 0 fully saturated rings. The van der Waals surface area contributed by atoms with Gasteiger partial charge >= 0.3 is 5.97 Å². The van der Waals surface area contributed by atoms with Crippen LogP contribution in [0.5, 0.6) is 0 Å². The molecule has 1 aromatic heterocycles. The van der Waals surface area contributed by atoms with E-state index in [4.69, 9.17) is 5.11 Å². The van der Waals surface area contributed by atoms with Crippen LogP contribution in [0, 0.1) is 0 Å². The number of amides is 1. The van der Waals surface area contributed by atoms with E-state index in [9.17, 15) is 9.59 Å². The Morgan fingerprint density at radius 3 is 2.65 bits per heavy atom. The molecule has 0 bridgehead atoms. The molecule has 0 unspecified atom stereocenters. The molecule has 0 saturated heterocycles. The summed E-state index contributed by atoms with van der Waals surface area (Å²) in [5.74, 6) is -1.35. The van der Waals surface area contributed by atoms with Crippen LogP contribution in [0.15, 0.2) is 47.1 Å². The molecule has 102 valence electrons. The molecule has 1 amide bonds. The summed E-state index contributed by atoms with van der Waals surface area (Å²) in [5.41, 5.74) is 1.26. The van der Waals surface area contributed by atoms with Crippen LogP contribution in [-0.4, -0.2) is 22.0 Å². The second-order valence-electron chi connectivity index (χ2n) is 4.02. The normalized spacial score (nSPS) is 10.1. The van der Waals surface area contributed by atoms with Gasteiger partial charge in [0.25, 0.3) is 5.91 Å². The number of carboxylic acids is 1. The number of nitrogens with zero attached hydrogens (tertiary/aromatic N) is 1. The van der Waals surface area contributed by atoms with E-state index in [1.165, 1.54) is 6.20 Å². The minimum absolute atomic E-state index is 0.153. The SMILES string of the molecule is O=C(O)Cc1ccccc1NC(=O)c1ncccc1Br. The smallest absolute Gasteiger partial charge is 0.307 e. The molecular weight excluding hydrogens is 324 g/mol. The van der Waals surface area contributed by atoms with Crippen LogP contribution < -0.4 is 5.32 Å². The van der Waals surface area contributed by atoms with Crippen molar-refractivity contribution in [3.8, 4) is 0 Å². The topological polar surface area (TPSA) is 79.3 Å². The third-order valence-electron chi connectivity index (χ3n) is 2.58. The molecule has 0 radical (unpaired) electrons. The van der Waals surface area contributed by atoms with Gasteiger partial charge in [-0.25, -0.2) is 4.98 Å². The standard InChI is InChI=1S/C14H11BrN2O3/c15-10-5-3-7-16-13(10)14(20)17-11-6-2-1-4-9(11)8-12(18)19/h1-7H,8H2,(H,17,20)(H,18,19). The number of benzene rings is 1. The number of carbonyl (C=O) groups excluding carboxylic acids is 1. The van der Waals surface area contributed by atoms with Crippen molar-refractivity contribution < 1.29 is 14.7 Å². The van der Waals surface area contributed by atoms with E-state index in [2.05, 4.69) is 26.2 Å². The number of para-hydroxylation sites is 1. The summed E-state index contributed by atoms with van der Waals surface area (Å²) in [7, 11) is 0. The van der Waals surface area contributed by atoms with E-state index in [1.807, 2.05) is 0 Å². The predicted octanol–water partition coefficient (Wildman–Crippen LogP) is 2.72. The fourth-order valence-electron chi connectivity index (χ4n) is 1.69. The Bertz CT molecular complexity index is 658. The van der Waals surface area contributed by atoms with Gasteiger partial charge in [0.15, 0.2) is 0 Å². The van der Waals surface area contributed by atoms with Crippen molar-refractivity contribution in [3.63, 3.8) is 0 Å². The molecule has 1 aromatic carbocycles. The van der Waals surface area contributed by atoms with Gasteiger partial charge in [0, 0.05) is 16.4 Å². The molecule has 0 saturated carbocycles. The van der Waals surface area contributed by atoms with Gasteiger partial charge in [-0.2, -0.15) is 0 Å². The van der Waals surface area contributed by atoms with Crippen molar-refractivity contribution in [2.24, 2.45) is 0 Å².